The summed E-state index contributed by atoms with van der Waals surface area (Å²) in [7, 11) is -2.41. The number of methoxy groups -OCH3 is 1. The molecule has 0 saturated carbocycles. The molecule has 1 atom stereocenters. The van der Waals surface area contributed by atoms with Gasteiger partial charge in [0.1, 0.15) is 16.2 Å². The van der Waals surface area contributed by atoms with Crippen LogP contribution in [-0.4, -0.2) is 27.2 Å². The van der Waals surface area contributed by atoms with Crippen molar-refractivity contribution in [1.82, 2.24) is 4.72 Å². The first-order chi connectivity index (χ1) is 13.3. The molecule has 0 heterocycles. The quantitative estimate of drug-likeness (QED) is 0.639. The number of hydrogen-bond acceptors (Lipinski definition) is 4. The fourth-order valence-corrected chi connectivity index (χ4v) is 4.21. The second-order valence-corrected chi connectivity index (χ2v) is 8.43. The molecular weight excluding hydrogens is 374 g/mol. The zero-order valence-electron chi connectivity index (χ0n) is 15.8. The summed E-state index contributed by atoms with van der Waals surface area (Å²) in [6.07, 6.45) is 0. The summed E-state index contributed by atoms with van der Waals surface area (Å²) >= 11 is 0. The van der Waals surface area contributed by atoms with Crippen LogP contribution in [0.3, 0.4) is 0 Å². The van der Waals surface area contributed by atoms with Crippen molar-refractivity contribution in [2.75, 3.05) is 13.7 Å². The second-order valence-electron chi connectivity index (χ2n) is 6.69. The molecule has 0 aliphatic heterocycles. The Labute approximate surface area is 165 Å². The van der Waals surface area contributed by atoms with Crippen LogP contribution in [0.25, 0.3) is 11.1 Å². The van der Waals surface area contributed by atoms with Gasteiger partial charge in [0, 0.05) is 6.54 Å². The monoisotopic (exact) mass is 397 g/mol. The van der Waals surface area contributed by atoms with E-state index in [-0.39, 0.29) is 17.2 Å². The zero-order valence-corrected chi connectivity index (χ0v) is 16.6. The summed E-state index contributed by atoms with van der Waals surface area (Å²) in [5, 5.41) is 10.8. The number of aliphatic hydroxyl groups is 1. The highest BCUT2D eigenvalue weighted by atomic mass is 32.2. The summed E-state index contributed by atoms with van der Waals surface area (Å²) in [4.78, 5) is 0.0349. The molecular formula is C22H23NO4S. The maximum absolute atomic E-state index is 12.6. The molecule has 0 fully saturated rings. The second kappa shape index (κ2) is 8.14. The van der Waals surface area contributed by atoms with Crippen LogP contribution in [0.1, 0.15) is 12.5 Å². The molecule has 0 aliphatic carbocycles. The molecule has 0 bridgehead atoms. The van der Waals surface area contributed by atoms with Crippen LogP contribution in [0, 0.1) is 0 Å². The first-order valence-electron chi connectivity index (χ1n) is 8.84. The van der Waals surface area contributed by atoms with Crippen molar-refractivity contribution in [3.63, 3.8) is 0 Å². The largest absolute Gasteiger partial charge is 0.495 e. The summed E-state index contributed by atoms with van der Waals surface area (Å²) < 4.78 is 32.9. The van der Waals surface area contributed by atoms with Gasteiger partial charge in [0.15, 0.2) is 0 Å². The third-order valence-corrected chi connectivity index (χ3v) is 6.02. The molecule has 0 saturated heterocycles. The molecule has 3 aromatic rings. The number of hydrogen-bond donors (Lipinski definition) is 2. The predicted octanol–water partition coefficient (Wildman–Crippen LogP) is 3.55. The van der Waals surface area contributed by atoms with Crippen LogP contribution < -0.4 is 9.46 Å². The highest BCUT2D eigenvalue weighted by Gasteiger charge is 2.27. The zero-order chi connectivity index (χ0) is 20.2. The van der Waals surface area contributed by atoms with E-state index in [4.69, 9.17) is 4.74 Å². The molecule has 0 spiro atoms. The number of ether oxygens (including phenoxy) is 1. The molecule has 3 aromatic carbocycles. The van der Waals surface area contributed by atoms with E-state index >= 15 is 0 Å². The lowest BCUT2D eigenvalue weighted by atomic mass is 9.94. The predicted molar refractivity (Wildman–Crippen MR) is 110 cm³/mol. The molecule has 5 nitrogen and oxygen atoms in total. The SMILES string of the molecule is COc1ccccc1S(=O)(=O)NC[C@@](C)(O)c1ccc(-c2ccccc2)cc1. The van der Waals surface area contributed by atoms with E-state index in [1.165, 1.54) is 13.2 Å². The molecule has 6 heteroatoms. The Morgan fingerprint density at radius 2 is 1.46 bits per heavy atom. The van der Waals surface area contributed by atoms with Crippen molar-refractivity contribution in [3.8, 4) is 16.9 Å². The molecule has 3 rings (SSSR count). The number of para-hydroxylation sites is 1. The molecule has 28 heavy (non-hydrogen) atoms. The Bertz CT molecular complexity index is 1030. The third-order valence-electron chi connectivity index (χ3n) is 4.58. The van der Waals surface area contributed by atoms with Gasteiger partial charge in [0.05, 0.1) is 7.11 Å². The summed E-state index contributed by atoms with van der Waals surface area (Å²) in [6, 6.07) is 23.7. The third kappa shape index (κ3) is 4.42. The Kier molecular flexibility index (Phi) is 5.84. The van der Waals surface area contributed by atoms with E-state index in [0.717, 1.165) is 11.1 Å². The van der Waals surface area contributed by atoms with E-state index in [0.29, 0.717) is 5.56 Å². The molecule has 0 amide bonds. The van der Waals surface area contributed by atoms with Crippen molar-refractivity contribution < 1.29 is 18.3 Å². The van der Waals surface area contributed by atoms with Crippen LogP contribution >= 0.6 is 0 Å². The van der Waals surface area contributed by atoms with Gasteiger partial charge in [-0.2, -0.15) is 0 Å². The van der Waals surface area contributed by atoms with Crippen molar-refractivity contribution in [1.29, 1.82) is 0 Å². The van der Waals surface area contributed by atoms with Crippen LogP contribution in [0.4, 0.5) is 0 Å². The van der Waals surface area contributed by atoms with Gasteiger partial charge >= 0.3 is 0 Å². The molecule has 0 radical (unpaired) electrons. The van der Waals surface area contributed by atoms with Crippen molar-refractivity contribution in [2.45, 2.75) is 17.4 Å². The first kappa shape index (κ1) is 20.1. The summed E-state index contributed by atoms with van der Waals surface area (Å²) in [5.74, 6) is 0.252. The van der Waals surface area contributed by atoms with Crippen LogP contribution in [0.2, 0.25) is 0 Å². The molecule has 0 aromatic heterocycles. The summed E-state index contributed by atoms with van der Waals surface area (Å²) in [6.45, 7) is 1.41. The van der Waals surface area contributed by atoms with Crippen LogP contribution in [0.5, 0.6) is 5.75 Å². The fraction of sp³-hybridized carbons (Fsp3) is 0.182. The molecule has 146 valence electrons. The fourth-order valence-electron chi connectivity index (χ4n) is 2.91. The average molecular weight is 397 g/mol. The maximum Gasteiger partial charge on any atom is 0.244 e. The minimum absolute atomic E-state index is 0.0349. The van der Waals surface area contributed by atoms with Gasteiger partial charge < -0.3 is 9.84 Å². The Morgan fingerprint density at radius 1 is 0.893 bits per heavy atom. The minimum atomic E-state index is -3.83. The Balaban J connectivity index is 1.76. The minimum Gasteiger partial charge on any atom is -0.495 e. The Hall–Kier alpha value is -2.67. The topological polar surface area (TPSA) is 75.6 Å². The van der Waals surface area contributed by atoms with Crippen molar-refractivity contribution >= 4 is 10.0 Å². The van der Waals surface area contributed by atoms with Crippen LogP contribution in [-0.2, 0) is 15.6 Å². The standard InChI is InChI=1S/C22H23NO4S/c1-22(24,16-23-28(25,26)21-11-7-6-10-20(21)27-2)19-14-12-18(13-15-19)17-8-4-3-5-9-17/h3-15,23-24H,16H2,1-2H3/t22-/m1/s1. The maximum atomic E-state index is 12.6. The van der Waals surface area contributed by atoms with E-state index in [9.17, 15) is 13.5 Å². The molecule has 0 unspecified atom stereocenters. The lowest BCUT2D eigenvalue weighted by molar-refractivity contribution is 0.0627. The van der Waals surface area contributed by atoms with Gasteiger partial charge in [-0.3, -0.25) is 0 Å². The van der Waals surface area contributed by atoms with Gasteiger partial charge in [0.2, 0.25) is 10.0 Å². The lowest BCUT2D eigenvalue weighted by Gasteiger charge is -2.24. The Morgan fingerprint density at radius 3 is 2.11 bits per heavy atom. The summed E-state index contributed by atoms with van der Waals surface area (Å²) in [5.41, 5.74) is 1.35. The first-order valence-corrected chi connectivity index (χ1v) is 10.3. The number of nitrogens with one attached hydrogen (secondary N) is 1. The van der Waals surface area contributed by atoms with E-state index in [1.54, 1.807) is 37.3 Å². The average Bonchev–Trinajstić information content (AvgIpc) is 2.73. The van der Waals surface area contributed by atoms with E-state index in [2.05, 4.69) is 4.72 Å². The van der Waals surface area contributed by atoms with Crippen molar-refractivity contribution in [2.24, 2.45) is 0 Å². The van der Waals surface area contributed by atoms with E-state index in [1.807, 2.05) is 42.5 Å². The molecule has 2 N–H and O–H groups in total. The van der Waals surface area contributed by atoms with E-state index < -0.39 is 15.6 Å². The number of benzene rings is 3. The van der Waals surface area contributed by atoms with Crippen molar-refractivity contribution in [3.05, 3.63) is 84.4 Å². The van der Waals surface area contributed by atoms with Crippen LogP contribution in [0.15, 0.2) is 83.8 Å². The van der Waals surface area contributed by atoms with Gasteiger partial charge in [0.25, 0.3) is 0 Å². The molecule has 0 aliphatic rings. The number of rotatable bonds is 7. The van der Waals surface area contributed by atoms with Gasteiger partial charge in [-0.05, 0) is 35.7 Å². The highest BCUT2D eigenvalue weighted by molar-refractivity contribution is 7.89. The normalized spacial score (nSPS) is 13.7. The smallest absolute Gasteiger partial charge is 0.244 e. The van der Waals surface area contributed by atoms with Gasteiger partial charge in [-0.25, -0.2) is 13.1 Å². The lowest BCUT2D eigenvalue weighted by Crippen LogP contribution is -2.38. The highest BCUT2D eigenvalue weighted by Crippen LogP contribution is 2.26. The van der Waals surface area contributed by atoms with Gasteiger partial charge in [-0.15, -0.1) is 0 Å². The van der Waals surface area contributed by atoms with Gasteiger partial charge in [-0.1, -0.05) is 66.7 Å². The number of sulfonamides is 1.